The minimum absolute atomic E-state index is 0.0694. The highest BCUT2D eigenvalue weighted by Gasteiger charge is 2.45. The number of nitrogens with one attached hydrogen (secondary N) is 2. The predicted octanol–water partition coefficient (Wildman–Crippen LogP) is 5.31. The second kappa shape index (κ2) is 10.2. The monoisotopic (exact) mass is 499 g/mol. The average Bonchev–Trinajstić information content (AvgIpc) is 3.65. The van der Waals surface area contributed by atoms with Gasteiger partial charge in [0.15, 0.2) is 5.76 Å². The van der Waals surface area contributed by atoms with Gasteiger partial charge in [-0.25, -0.2) is 0 Å². The molecular weight excluding hydrogens is 474 g/mol. The van der Waals surface area contributed by atoms with Gasteiger partial charge in [-0.1, -0.05) is 35.9 Å². The number of rotatable bonds is 7. The van der Waals surface area contributed by atoms with Crippen LogP contribution in [0.15, 0.2) is 88.9 Å². The Labute approximate surface area is 212 Å². The maximum Gasteiger partial charge on any atom is 0.291 e. The third kappa shape index (κ3) is 4.94. The summed E-state index contributed by atoms with van der Waals surface area (Å²) in [6.07, 6.45) is 1.58. The Morgan fingerprint density at radius 3 is 2.61 bits per heavy atom. The number of thiophene rings is 1. The normalized spacial score (nSPS) is 17.2. The van der Waals surface area contributed by atoms with Gasteiger partial charge in [-0.05, 0) is 60.3 Å². The minimum atomic E-state index is -0.515. The van der Waals surface area contributed by atoms with Crippen molar-refractivity contribution >= 4 is 40.4 Å². The fraction of sp³-hybridized carbons (Fsp3) is 0.179. The lowest BCUT2D eigenvalue weighted by atomic mass is 9.97. The Kier molecular flexibility index (Phi) is 6.69. The van der Waals surface area contributed by atoms with Crippen LogP contribution >= 0.6 is 11.3 Å². The van der Waals surface area contributed by atoms with Gasteiger partial charge in [0.05, 0.1) is 18.2 Å². The lowest BCUT2D eigenvalue weighted by Crippen LogP contribution is -2.35. The maximum atomic E-state index is 13.4. The summed E-state index contributed by atoms with van der Waals surface area (Å²) in [6.45, 7) is 2.27. The molecule has 2 unspecified atom stereocenters. The molecular formula is C28H25N3O4S. The highest BCUT2D eigenvalue weighted by Crippen LogP contribution is 2.43. The summed E-state index contributed by atoms with van der Waals surface area (Å²) in [7, 11) is 0. The van der Waals surface area contributed by atoms with Gasteiger partial charge in [-0.3, -0.25) is 14.4 Å². The minimum Gasteiger partial charge on any atom is -0.459 e. The summed E-state index contributed by atoms with van der Waals surface area (Å²) in [6, 6.07) is 21.8. The van der Waals surface area contributed by atoms with Crippen molar-refractivity contribution < 1.29 is 18.8 Å². The number of aryl methyl sites for hydroxylation is 1. The first-order chi connectivity index (χ1) is 17.5. The SMILES string of the molecule is Cc1ccc(N2C(=O)CC(C(=O)NCc3cccc(NC(=O)c4ccco4)c3)C2c2cccs2)cc1. The molecule has 0 aliphatic carbocycles. The van der Waals surface area contributed by atoms with Crippen LogP contribution in [0.5, 0.6) is 0 Å². The Bertz CT molecular complexity index is 1360. The number of nitrogens with zero attached hydrogens (tertiary/aromatic N) is 1. The van der Waals surface area contributed by atoms with Gasteiger partial charge in [-0.15, -0.1) is 11.3 Å². The van der Waals surface area contributed by atoms with Crippen molar-refractivity contribution in [3.8, 4) is 0 Å². The van der Waals surface area contributed by atoms with E-state index in [0.717, 1.165) is 21.7 Å². The number of furan rings is 1. The first kappa shape index (κ1) is 23.6. The summed E-state index contributed by atoms with van der Waals surface area (Å²) in [5.74, 6) is -0.890. The first-order valence-electron chi connectivity index (χ1n) is 11.6. The van der Waals surface area contributed by atoms with Crippen molar-refractivity contribution in [2.45, 2.75) is 25.9 Å². The van der Waals surface area contributed by atoms with Crippen LogP contribution in [0.4, 0.5) is 11.4 Å². The molecule has 0 radical (unpaired) electrons. The van der Waals surface area contributed by atoms with Crippen molar-refractivity contribution in [3.05, 3.63) is 106 Å². The van der Waals surface area contributed by atoms with E-state index in [1.807, 2.05) is 60.8 Å². The van der Waals surface area contributed by atoms with E-state index in [4.69, 9.17) is 4.42 Å². The maximum absolute atomic E-state index is 13.4. The molecule has 2 aromatic heterocycles. The lowest BCUT2D eigenvalue weighted by Gasteiger charge is -2.27. The summed E-state index contributed by atoms with van der Waals surface area (Å²) < 4.78 is 5.13. The number of amides is 3. The number of carbonyl (C=O) groups excluding carboxylic acids is 3. The lowest BCUT2D eigenvalue weighted by molar-refractivity contribution is -0.126. The Hall–Kier alpha value is -4.17. The summed E-state index contributed by atoms with van der Waals surface area (Å²) in [5.41, 5.74) is 3.32. The quantitative estimate of drug-likeness (QED) is 0.360. The van der Waals surface area contributed by atoms with E-state index < -0.39 is 5.92 Å². The molecule has 2 atom stereocenters. The predicted molar refractivity (Wildman–Crippen MR) is 139 cm³/mol. The molecule has 0 spiro atoms. The molecule has 3 heterocycles. The third-order valence-corrected chi connectivity index (χ3v) is 7.15. The number of benzene rings is 2. The zero-order valence-electron chi connectivity index (χ0n) is 19.6. The van der Waals surface area contributed by atoms with Crippen molar-refractivity contribution in [2.24, 2.45) is 5.92 Å². The van der Waals surface area contributed by atoms with Crippen LogP contribution < -0.4 is 15.5 Å². The van der Waals surface area contributed by atoms with E-state index in [0.29, 0.717) is 5.69 Å². The van der Waals surface area contributed by atoms with Gasteiger partial charge >= 0.3 is 0 Å². The van der Waals surface area contributed by atoms with Crippen LogP contribution in [-0.4, -0.2) is 17.7 Å². The first-order valence-corrected chi connectivity index (χ1v) is 12.5. The molecule has 1 aliphatic heterocycles. The molecule has 0 bridgehead atoms. The smallest absolute Gasteiger partial charge is 0.291 e. The molecule has 1 fully saturated rings. The molecule has 0 saturated carbocycles. The van der Waals surface area contributed by atoms with Crippen LogP contribution in [0.2, 0.25) is 0 Å². The second-order valence-electron chi connectivity index (χ2n) is 8.72. The molecule has 4 aromatic rings. The van der Waals surface area contributed by atoms with Crippen molar-refractivity contribution in [3.63, 3.8) is 0 Å². The molecule has 182 valence electrons. The standard InChI is InChI=1S/C28H25N3O4S/c1-18-9-11-21(12-10-18)31-25(32)16-22(26(31)24-8-4-14-36-24)27(33)29-17-19-5-2-6-20(15-19)30-28(34)23-7-3-13-35-23/h2-15,22,26H,16-17H2,1H3,(H,29,33)(H,30,34). The molecule has 2 N–H and O–H groups in total. The van der Waals surface area contributed by atoms with E-state index in [-0.39, 0.29) is 42.5 Å². The van der Waals surface area contributed by atoms with Gasteiger partial charge in [0.2, 0.25) is 11.8 Å². The Balaban J connectivity index is 1.30. The molecule has 1 saturated heterocycles. The van der Waals surface area contributed by atoms with Crippen molar-refractivity contribution in [2.75, 3.05) is 10.2 Å². The second-order valence-corrected chi connectivity index (χ2v) is 9.70. The van der Waals surface area contributed by atoms with E-state index in [1.54, 1.807) is 40.5 Å². The fourth-order valence-electron chi connectivity index (χ4n) is 4.44. The third-order valence-electron chi connectivity index (χ3n) is 6.20. The zero-order valence-corrected chi connectivity index (χ0v) is 20.5. The van der Waals surface area contributed by atoms with Gasteiger partial charge in [0, 0.05) is 29.2 Å². The molecule has 2 aromatic carbocycles. The van der Waals surface area contributed by atoms with Gasteiger partial charge in [0.1, 0.15) is 0 Å². The number of anilines is 2. The molecule has 36 heavy (non-hydrogen) atoms. The van der Waals surface area contributed by atoms with Crippen LogP contribution in [0, 0.1) is 12.8 Å². The largest absolute Gasteiger partial charge is 0.459 e. The highest BCUT2D eigenvalue weighted by molar-refractivity contribution is 7.10. The molecule has 8 heteroatoms. The van der Waals surface area contributed by atoms with Crippen LogP contribution in [-0.2, 0) is 16.1 Å². The molecule has 3 amide bonds. The number of carbonyl (C=O) groups is 3. The molecule has 1 aliphatic rings. The van der Waals surface area contributed by atoms with Crippen molar-refractivity contribution in [1.82, 2.24) is 5.32 Å². The Morgan fingerprint density at radius 1 is 1.06 bits per heavy atom. The van der Waals surface area contributed by atoms with Crippen LogP contribution in [0.25, 0.3) is 0 Å². The highest BCUT2D eigenvalue weighted by atomic mass is 32.1. The van der Waals surface area contributed by atoms with E-state index in [2.05, 4.69) is 10.6 Å². The van der Waals surface area contributed by atoms with Gasteiger partial charge < -0.3 is 20.0 Å². The van der Waals surface area contributed by atoms with Gasteiger partial charge in [-0.2, -0.15) is 0 Å². The molecule has 5 rings (SSSR count). The summed E-state index contributed by atoms with van der Waals surface area (Å²) in [4.78, 5) is 41.4. The van der Waals surface area contributed by atoms with Crippen LogP contribution in [0.3, 0.4) is 0 Å². The summed E-state index contributed by atoms with van der Waals surface area (Å²) >= 11 is 1.54. The van der Waals surface area contributed by atoms with Crippen LogP contribution in [0.1, 0.15) is 39.0 Å². The van der Waals surface area contributed by atoms with Crippen molar-refractivity contribution in [1.29, 1.82) is 0 Å². The van der Waals surface area contributed by atoms with E-state index >= 15 is 0 Å². The summed E-state index contributed by atoms with van der Waals surface area (Å²) in [5, 5.41) is 7.75. The Morgan fingerprint density at radius 2 is 1.89 bits per heavy atom. The topological polar surface area (TPSA) is 91.7 Å². The number of hydrogen-bond donors (Lipinski definition) is 2. The zero-order chi connectivity index (χ0) is 25.1. The van der Waals surface area contributed by atoms with Gasteiger partial charge in [0.25, 0.3) is 5.91 Å². The molecule has 7 nitrogen and oxygen atoms in total. The fourth-order valence-corrected chi connectivity index (χ4v) is 5.32. The number of hydrogen-bond acceptors (Lipinski definition) is 5. The van der Waals surface area contributed by atoms with E-state index in [1.165, 1.54) is 6.26 Å². The van der Waals surface area contributed by atoms with E-state index in [9.17, 15) is 14.4 Å². The average molecular weight is 500 g/mol.